The van der Waals surface area contributed by atoms with Crippen LogP contribution in [0.3, 0.4) is 0 Å². The lowest BCUT2D eigenvalue weighted by Gasteiger charge is -2.17. The molecule has 1 aromatic carbocycles. The minimum atomic E-state index is 0.0409. The van der Waals surface area contributed by atoms with E-state index in [0.29, 0.717) is 31.3 Å². The van der Waals surface area contributed by atoms with E-state index in [1.165, 1.54) is 0 Å². The lowest BCUT2D eigenvalue weighted by Crippen LogP contribution is -2.29. The second-order valence-corrected chi connectivity index (χ2v) is 5.27. The smallest absolute Gasteiger partial charge is 0.209 e. The fourth-order valence-corrected chi connectivity index (χ4v) is 2.30. The average molecular weight is 341 g/mol. The molecule has 0 aliphatic carbocycles. The summed E-state index contributed by atoms with van der Waals surface area (Å²) < 4.78 is 6.69. The Morgan fingerprint density at radius 2 is 1.95 bits per heavy atom. The number of aromatic nitrogens is 1. The largest absolute Gasteiger partial charge is 0.439 e. The molecule has 0 aliphatic rings. The van der Waals surface area contributed by atoms with E-state index in [1.54, 1.807) is 6.20 Å². The van der Waals surface area contributed by atoms with Crippen molar-refractivity contribution in [1.29, 1.82) is 0 Å². The van der Waals surface area contributed by atoms with Crippen LogP contribution in [0, 0.1) is 0 Å². The van der Waals surface area contributed by atoms with Crippen molar-refractivity contribution < 1.29 is 14.6 Å². The van der Waals surface area contributed by atoms with E-state index in [2.05, 4.69) is 20.9 Å². The molecule has 6 heteroatoms. The summed E-state index contributed by atoms with van der Waals surface area (Å²) in [5.41, 5.74) is 0.953. The number of hydrogen-bond donors (Lipinski definition) is 2. The average Bonchev–Trinajstić information content (AvgIpc) is 2.88. The summed E-state index contributed by atoms with van der Waals surface area (Å²) in [6.45, 7) is 1.51. The molecule has 20 heavy (non-hydrogen) atoms. The number of aliphatic hydroxyl groups is 2. The zero-order valence-electron chi connectivity index (χ0n) is 11.0. The van der Waals surface area contributed by atoms with Gasteiger partial charge in [0.1, 0.15) is 0 Å². The van der Waals surface area contributed by atoms with Gasteiger partial charge in [0.25, 0.3) is 0 Å². The van der Waals surface area contributed by atoms with Gasteiger partial charge in [0.05, 0.1) is 26.0 Å². The molecule has 0 unspecified atom stereocenters. The minimum Gasteiger partial charge on any atom is -0.439 e. The molecule has 0 aliphatic heterocycles. The van der Waals surface area contributed by atoms with Crippen molar-refractivity contribution in [3.63, 3.8) is 0 Å². The number of nitrogens with zero attached hydrogens (tertiary/aromatic N) is 2. The van der Waals surface area contributed by atoms with Gasteiger partial charge in [-0.3, -0.25) is 4.90 Å². The van der Waals surface area contributed by atoms with Crippen molar-refractivity contribution in [2.75, 3.05) is 26.3 Å². The maximum absolute atomic E-state index is 8.98. The molecule has 0 spiro atoms. The molecule has 0 bridgehead atoms. The van der Waals surface area contributed by atoms with E-state index >= 15 is 0 Å². The van der Waals surface area contributed by atoms with Gasteiger partial charge in [-0.2, -0.15) is 0 Å². The zero-order chi connectivity index (χ0) is 14.4. The van der Waals surface area contributed by atoms with E-state index in [1.807, 2.05) is 29.2 Å². The minimum absolute atomic E-state index is 0.0409. The summed E-state index contributed by atoms with van der Waals surface area (Å²) >= 11 is 3.42. The van der Waals surface area contributed by atoms with Gasteiger partial charge in [0.2, 0.25) is 5.89 Å². The van der Waals surface area contributed by atoms with Crippen LogP contribution >= 0.6 is 15.9 Å². The van der Waals surface area contributed by atoms with Crippen LogP contribution in [-0.2, 0) is 6.54 Å². The first-order valence-electron chi connectivity index (χ1n) is 6.37. The number of aliphatic hydroxyl groups excluding tert-OH is 2. The summed E-state index contributed by atoms with van der Waals surface area (Å²) in [6.07, 6.45) is 1.69. The van der Waals surface area contributed by atoms with Crippen LogP contribution in [0.1, 0.15) is 5.89 Å². The molecule has 1 heterocycles. The fraction of sp³-hybridized carbons (Fsp3) is 0.357. The zero-order valence-corrected chi connectivity index (χ0v) is 12.6. The summed E-state index contributed by atoms with van der Waals surface area (Å²) in [7, 11) is 0. The summed E-state index contributed by atoms with van der Waals surface area (Å²) in [5.74, 6) is 1.27. The molecule has 0 saturated heterocycles. The first kappa shape index (κ1) is 15.2. The second kappa shape index (κ2) is 7.54. The van der Waals surface area contributed by atoms with E-state index in [0.717, 1.165) is 10.0 Å². The Hall–Kier alpha value is -1.21. The van der Waals surface area contributed by atoms with Gasteiger partial charge in [-0.15, -0.1) is 0 Å². The highest BCUT2D eigenvalue weighted by atomic mass is 79.9. The van der Waals surface area contributed by atoms with Crippen molar-refractivity contribution in [1.82, 2.24) is 9.88 Å². The Kier molecular flexibility index (Phi) is 5.72. The Labute approximate surface area is 126 Å². The standard InChI is InChI=1S/C14H17BrN2O3/c15-12-3-1-2-11(8-12)13-9-16-14(20-13)10-17(4-6-18)5-7-19/h1-3,8-9,18-19H,4-7,10H2. The van der Waals surface area contributed by atoms with Gasteiger partial charge < -0.3 is 14.6 Å². The summed E-state index contributed by atoms with van der Waals surface area (Å²) in [6, 6.07) is 7.80. The van der Waals surface area contributed by atoms with Crippen molar-refractivity contribution in [3.05, 3.63) is 40.8 Å². The molecular formula is C14H17BrN2O3. The maximum Gasteiger partial charge on any atom is 0.209 e. The number of hydrogen-bond acceptors (Lipinski definition) is 5. The van der Waals surface area contributed by atoms with E-state index in [9.17, 15) is 0 Å². The third-order valence-electron chi connectivity index (χ3n) is 2.85. The quantitative estimate of drug-likeness (QED) is 0.805. The number of halogens is 1. The predicted octanol–water partition coefficient (Wildman–Crippen LogP) is 1.89. The highest BCUT2D eigenvalue weighted by molar-refractivity contribution is 9.10. The molecule has 108 valence electrons. The van der Waals surface area contributed by atoms with E-state index in [4.69, 9.17) is 14.6 Å². The first-order chi connectivity index (χ1) is 9.72. The van der Waals surface area contributed by atoms with Gasteiger partial charge in [-0.25, -0.2) is 4.98 Å². The molecule has 5 nitrogen and oxygen atoms in total. The van der Waals surface area contributed by atoms with Gasteiger partial charge in [0, 0.05) is 23.1 Å². The maximum atomic E-state index is 8.98. The number of benzene rings is 1. The van der Waals surface area contributed by atoms with Crippen LogP contribution in [0.25, 0.3) is 11.3 Å². The number of rotatable bonds is 7. The summed E-state index contributed by atoms with van der Waals surface area (Å²) in [4.78, 5) is 6.13. The first-order valence-corrected chi connectivity index (χ1v) is 7.17. The van der Waals surface area contributed by atoms with Crippen molar-refractivity contribution in [2.24, 2.45) is 0 Å². The normalized spacial score (nSPS) is 11.2. The van der Waals surface area contributed by atoms with Crippen LogP contribution in [-0.4, -0.2) is 46.4 Å². The highest BCUT2D eigenvalue weighted by Gasteiger charge is 2.11. The van der Waals surface area contributed by atoms with Crippen LogP contribution < -0.4 is 0 Å². The van der Waals surface area contributed by atoms with Gasteiger partial charge in [-0.1, -0.05) is 28.1 Å². The van der Waals surface area contributed by atoms with Crippen LogP contribution in [0.5, 0.6) is 0 Å². The molecular weight excluding hydrogens is 324 g/mol. The lowest BCUT2D eigenvalue weighted by atomic mass is 10.2. The van der Waals surface area contributed by atoms with Crippen molar-refractivity contribution in [3.8, 4) is 11.3 Å². The van der Waals surface area contributed by atoms with Crippen molar-refractivity contribution >= 4 is 15.9 Å². The second-order valence-electron chi connectivity index (χ2n) is 4.35. The summed E-state index contributed by atoms with van der Waals surface area (Å²) in [5, 5.41) is 18.0. The number of oxazole rings is 1. The third kappa shape index (κ3) is 4.14. The Balaban J connectivity index is 2.08. The van der Waals surface area contributed by atoms with Gasteiger partial charge in [0.15, 0.2) is 5.76 Å². The molecule has 0 saturated carbocycles. The molecule has 0 fully saturated rings. The predicted molar refractivity (Wildman–Crippen MR) is 79.1 cm³/mol. The van der Waals surface area contributed by atoms with Crippen LogP contribution in [0.15, 0.2) is 39.4 Å². The molecule has 2 rings (SSSR count). The SMILES string of the molecule is OCCN(CCO)Cc1ncc(-c2cccc(Br)c2)o1. The molecule has 0 radical (unpaired) electrons. The van der Waals surface area contributed by atoms with Crippen LogP contribution in [0.4, 0.5) is 0 Å². The lowest BCUT2D eigenvalue weighted by molar-refractivity contribution is 0.147. The van der Waals surface area contributed by atoms with E-state index in [-0.39, 0.29) is 13.2 Å². The fourth-order valence-electron chi connectivity index (χ4n) is 1.90. The van der Waals surface area contributed by atoms with Crippen molar-refractivity contribution in [2.45, 2.75) is 6.54 Å². The third-order valence-corrected chi connectivity index (χ3v) is 3.35. The Morgan fingerprint density at radius 3 is 2.60 bits per heavy atom. The molecule has 0 amide bonds. The highest BCUT2D eigenvalue weighted by Crippen LogP contribution is 2.23. The van der Waals surface area contributed by atoms with Gasteiger partial charge in [-0.05, 0) is 12.1 Å². The topological polar surface area (TPSA) is 69.7 Å². The molecule has 0 atom stereocenters. The van der Waals surface area contributed by atoms with Gasteiger partial charge >= 0.3 is 0 Å². The monoisotopic (exact) mass is 340 g/mol. The Morgan fingerprint density at radius 1 is 1.20 bits per heavy atom. The van der Waals surface area contributed by atoms with Crippen LogP contribution in [0.2, 0.25) is 0 Å². The Bertz CT molecular complexity index is 539. The molecule has 2 aromatic rings. The van der Waals surface area contributed by atoms with E-state index < -0.39 is 0 Å². The molecule has 2 N–H and O–H groups in total. The molecule has 1 aromatic heterocycles.